The van der Waals surface area contributed by atoms with Gasteiger partial charge in [0, 0.05) is 18.1 Å². The number of likely N-dealkylation sites (tertiary alicyclic amines) is 1. The summed E-state index contributed by atoms with van der Waals surface area (Å²) in [6.45, 7) is 1.33. The fourth-order valence-corrected chi connectivity index (χ4v) is 5.30. The molecule has 21 heavy (non-hydrogen) atoms. The van der Waals surface area contributed by atoms with E-state index in [1.807, 2.05) is 0 Å². The Hall–Kier alpha value is -0.860. The molecule has 114 valence electrons. The van der Waals surface area contributed by atoms with Crippen molar-refractivity contribution in [2.45, 2.75) is 63.1 Å². The molecule has 1 heterocycles. The van der Waals surface area contributed by atoms with Gasteiger partial charge in [-0.15, -0.1) is 0 Å². The first kappa shape index (κ1) is 13.8. The van der Waals surface area contributed by atoms with Crippen molar-refractivity contribution in [3.8, 4) is 0 Å². The van der Waals surface area contributed by atoms with Crippen LogP contribution in [0.1, 0.15) is 55.7 Å². The molecule has 4 atom stereocenters. The first-order chi connectivity index (χ1) is 10.4. The number of aryl methyl sites for hydroxylation is 1. The molecule has 2 aliphatic carbocycles. The van der Waals surface area contributed by atoms with Gasteiger partial charge in [-0.3, -0.25) is 4.90 Å². The van der Waals surface area contributed by atoms with E-state index in [1.54, 1.807) is 11.1 Å². The van der Waals surface area contributed by atoms with E-state index in [0.29, 0.717) is 12.1 Å². The van der Waals surface area contributed by atoms with Crippen LogP contribution in [0, 0.1) is 5.92 Å². The van der Waals surface area contributed by atoms with Crippen molar-refractivity contribution in [3.63, 3.8) is 0 Å². The minimum atomic E-state index is 0.524. The average molecular weight is 284 g/mol. The van der Waals surface area contributed by atoms with Crippen LogP contribution in [0.3, 0.4) is 0 Å². The number of likely N-dealkylation sites (N-methyl/N-ethyl adjacent to an activating group) is 1. The molecule has 0 aromatic heterocycles. The molecule has 2 nitrogen and oxygen atoms in total. The topological polar surface area (TPSA) is 15.3 Å². The van der Waals surface area contributed by atoms with Gasteiger partial charge in [-0.25, -0.2) is 0 Å². The second kappa shape index (κ2) is 5.73. The fourth-order valence-electron chi connectivity index (χ4n) is 5.30. The van der Waals surface area contributed by atoms with Gasteiger partial charge in [0.1, 0.15) is 0 Å². The van der Waals surface area contributed by atoms with Gasteiger partial charge in [-0.05, 0) is 62.7 Å². The van der Waals surface area contributed by atoms with E-state index in [4.69, 9.17) is 0 Å². The summed E-state index contributed by atoms with van der Waals surface area (Å²) in [5.41, 5.74) is 3.11. The van der Waals surface area contributed by atoms with Crippen LogP contribution in [0.25, 0.3) is 0 Å². The lowest BCUT2D eigenvalue weighted by molar-refractivity contribution is 0.0973. The highest BCUT2D eigenvalue weighted by molar-refractivity contribution is 5.34. The van der Waals surface area contributed by atoms with Gasteiger partial charge in [-0.2, -0.15) is 0 Å². The first-order valence-electron chi connectivity index (χ1n) is 8.89. The van der Waals surface area contributed by atoms with E-state index in [0.717, 1.165) is 12.0 Å². The van der Waals surface area contributed by atoms with E-state index in [1.165, 1.54) is 51.5 Å². The SMILES string of the molecule is CNC1c2ccccc2CCC1N1CCC2CCCCC21. The number of hydrogen-bond donors (Lipinski definition) is 1. The molecular weight excluding hydrogens is 256 g/mol. The summed E-state index contributed by atoms with van der Waals surface area (Å²) in [7, 11) is 2.15. The predicted molar refractivity (Wildman–Crippen MR) is 87.4 cm³/mol. The fraction of sp³-hybridized carbons (Fsp3) is 0.684. The van der Waals surface area contributed by atoms with Crippen LogP contribution in [-0.2, 0) is 6.42 Å². The van der Waals surface area contributed by atoms with Crippen LogP contribution in [-0.4, -0.2) is 30.6 Å². The largest absolute Gasteiger partial charge is 0.312 e. The summed E-state index contributed by atoms with van der Waals surface area (Å²) in [6.07, 6.45) is 9.87. The molecule has 1 aromatic carbocycles. The highest BCUT2D eigenvalue weighted by atomic mass is 15.2. The summed E-state index contributed by atoms with van der Waals surface area (Å²) < 4.78 is 0. The lowest BCUT2D eigenvalue weighted by Gasteiger charge is -2.43. The molecule has 4 rings (SSSR count). The highest BCUT2D eigenvalue weighted by Gasteiger charge is 2.42. The van der Waals surface area contributed by atoms with Crippen molar-refractivity contribution >= 4 is 0 Å². The van der Waals surface area contributed by atoms with E-state index >= 15 is 0 Å². The summed E-state index contributed by atoms with van der Waals surface area (Å²) in [5, 5.41) is 3.64. The Labute approximate surface area is 128 Å². The van der Waals surface area contributed by atoms with Crippen molar-refractivity contribution < 1.29 is 0 Å². The summed E-state index contributed by atoms with van der Waals surface area (Å²) in [6, 6.07) is 11.2. The molecule has 0 radical (unpaired) electrons. The minimum Gasteiger partial charge on any atom is -0.312 e. The summed E-state index contributed by atoms with van der Waals surface area (Å²) in [4.78, 5) is 2.89. The number of nitrogens with zero attached hydrogens (tertiary/aromatic N) is 1. The zero-order valence-electron chi connectivity index (χ0n) is 13.2. The van der Waals surface area contributed by atoms with Crippen LogP contribution >= 0.6 is 0 Å². The van der Waals surface area contributed by atoms with E-state index in [2.05, 4.69) is 41.5 Å². The third-order valence-corrected chi connectivity index (χ3v) is 6.27. The van der Waals surface area contributed by atoms with Crippen molar-refractivity contribution in [1.29, 1.82) is 0 Å². The Balaban J connectivity index is 1.60. The lowest BCUT2D eigenvalue weighted by Crippen LogP contribution is -2.49. The maximum atomic E-state index is 3.64. The average Bonchev–Trinajstić information content (AvgIpc) is 2.97. The van der Waals surface area contributed by atoms with E-state index < -0.39 is 0 Å². The molecule has 1 saturated heterocycles. The Morgan fingerprint density at radius 3 is 2.76 bits per heavy atom. The molecule has 2 heteroatoms. The number of hydrogen-bond acceptors (Lipinski definition) is 2. The highest BCUT2D eigenvalue weighted by Crippen LogP contribution is 2.42. The zero-order chi connectivity index (χ0) is 14.2. The van der Waals surface area contributed by atoms with Gasteiger partial charge >= 0.3 is 0 Å². The molecule has 0 amide bonds. The quantitative estimate of drug-likeness (QED) is 0.894. The molecule has 1 N–H and O–H groups in total. The van der Waals surface area contributed by atoms with Crippen molar-refractivity contribution in [3.05, 3.63) is 35.4 Å². The molecule has 1 aliphatic heterocycles. The van der Waals surface area contributed by atoms with Crippen LogP contribution in [0.15, 0.2) is 24.3 Å². The number of rotatable bonds is 2. The summed E-state index contributed by atoms with van der Waals surface area (Å²) >= 11 is 0. The third-order valence-electron chi connectivity index (χ3n) is 6.27. The van der Waals surface area contributed by atoms with Gasteiger partial charge in [0.15, 0.2) is 0 Å². The monoisotopic (exact) mass is 284 g/mol. The Morgan fingerprint density at radius 2 is 1.86 bits per heavy atom. The number of nitrogens with one attached hydrogen (secondary N) is 1. The Morgan fingerprint density at radius 1 is 1.00 bits per heavy atom. The van der Waals surface area contributed by atoms with Gasteiger partial charge in [0.2, 0.25) is 0 Å². The minimum absolute atomic E-state index is 0.524. The number of fused-ring (bicyclic) bond motifs is 2. The second-order valence-corrected chi connectivity index (χ2v) is 7.21. The Bertz CT molecular complexity index is 498. The molecule has 2 fully saturated rings. The van der Waals surface area contributed by atoms with Crippen LogP contribution in [0.5, 0.6) is 0 Å². The van der Waals surface area contributed by atoms with Gasteiger partial charge in [-0.1, -0.05) is 37.1 Å². The Kier molecular flexibility index (Phi) is 3.76. The van der Waals surface area contributed by atoms with Crippen LogP contribution in [0.4, 0.5) is 0 Å². The van der Waals surface area contributed by atoms with Gasteiger partial charge in [0.25, 0.3) is 0 Å². The molecule has 1 saturated carbocycles. The molecule has 0 bridgehead atoms. The van der Waals surface area contributed by atoms with E-state index in [9.17, 15) is 0 Å². The smallest absolute Gasteiger partial charge is 0.0478 e. The standard InChI is InChI=1S/C19H28N2/c1-20-19-16-8-4-2-6-14(16)10-11-18(19)21-13-12-15-7-3-5-9-17(15)21/h2,4,6,8,15,17-20H,3,5,7,9-13H2,1H3. The molecule has 4 unspecified atom stereocenters. The third kappa shape index (κ3) is 2.33. The van der Waals surface area contributed by atoms with Gasteiger partial charge < -0.3 is 5.32 Å². The van der Waals surface area contributed by atoms with Gasteiger partial charge in [0.05, 0.1) is 0 Å². The predicted octanol–water partition coefficient (Wildman–Crippen LogP) is 3.53. The lowest BCUT2D eigenvalue weighted by atomic mass is 9.81. The van der Waals surface area contributed by atoms with Crippen molar-refractivity contribution in [2.75, 3.05) is 13.6 Å². The van der Waals surface area contributed by atoms with Crippen LogP contribution in [0.2, 0.25) is 0 Å². The van der Waals surface area contributed by atoms with E-state index in [-0.39, 0.29) is 0 Å². The van der Waals surface area contributed by atoms with Crippen LogP contribution < -0.4 is 5.32 Å². The maximum Gasteiger partial charge on any atom is 0.0478 e. The van der Waals surface area contributed by atoms with Crippen molar-refractivity contribution in [2.24, 2.45) is 5.92 Å². The van der Waals surface area contributed by atoms with Crippen molar-refractivity contribution in [1.82, 2.24) is 10.2 Å². The molecule has 3 aliphatic rings. The second-order valence-electron chi connectivity index (χ2n) is 7.21. The molecular formula is C19H28N2. The first-order valence-corrected chi connectivity index (χ1v) is 8.89. The normalized spacial score (nSPS) is 36.2. The molecule has 1 aromatic rings. The molecule has 0 spiro atoms. The maximum absolute atomic E-state index is 3.64. The zero-order valence-corrected chi connectivity index (χ0v) is 13.2. The summed E-state index contributed by atoms with van der Waals surface area (Å²) in [5.74, 6) is 0.994. The number of benzene rings is 1.